The summed E-state index contributed by atoms with van der Waals surface area (Å²) in [5.41, 5.74) is 3.88. The minimum atomic E-state index is -0.627. The van der Waals surface area contributed by atoms with Gasteiger partial charge in [0.05, 0.1) is 13.7 Å². The number of nitrogens with zero attached hydrogens (tertiary/aromatic N) is 1. The molecule has 5 heteroatoms. The number of methoxy groups -OCH3 is 1. The molecule has 1 heterocycles. The topological polar surface area (TPSA) is 55.8 Å². The molecule has 0 fully saturated rings. The predicted octanol–water partition coefficient (Wildman–Crippen LogP) is 6.43. The average molecular weight is 460 g/mol. The Bertz CT molecular complexity index is 1320. The van der Waals surface area contributed by atoms with Crippen LogP contribution in [0.5, 0.6) is 5.75 Å². The van der Waals surface area contributed by atoms with Gasteiger partial charge in [0.15, 0.2) is 5.78 Å². The average Bonchev–Trinajstić information content (AvgIpc) is 2.77. The van der Waals surface area contributed by atoms with Crippen LogP contribution in [0.15, 0.2) is 43.0 Å². The number of ketones is 1. The molecule has 1 aliphatic rings. The molecule has 1 aliphatic heterocycles. The molecule has 3 aromatic carbocycles. The maximum absolute atomic E-state index is 13.2. The lowest BCUT2D eigenvalue weighted by atomic mass is 9.83. The van der Waals surface area contributed by atoms with Gasteiger partial charge in [-0.05, 0) is 97.5 Å². The fourth-order valence-corrected chi connectivity index (χ4v) is 4.94. The maximum atomic E-state index is 13.2. The highest BCUT2D eigenvalue weighted by Crippen LogP contribution is 2.41. The lowest BCUT2D eigenvalue weighted by molar-refractivity contribution is -0.115. The number of amides is 1. The third kappa shape index (κ3) is 4.39. The Morgan fingerprint density at radius 1 is 1.06 bits per heavy atom. The molecule has 0 aromatic heterocycles. The van der Waals surface area contributed by atoms with Crippen LogP contribution < -0.4 is 4.74 Å². The number of ether oxygens (including phenoxy) is 2. The Morgan fingerprint density at radius 2 is 1.76 bits per heavy atom. The van der Waals surface area contributed by atoms with Crippen LogP contribution in [0.4, 0.5) is 4.79 Å². The van der Waals surface area contributed by atoms with Gasteiger partial charge in [0, 0.05) is 12.5 Å². The van der Waals surface area contributed by atoms with Gasteiger partial charge < -0.3 is 14.4 Å². The monoisotopic (exact) mass is 459 g/mol. The molecule has 3 aromatic rings. The van der Waals surface area contributed by atoms with Gasteiger partial charge in [-0.25, -0.2) is 4.79 Å². The first-order valence-electron chi connectivity index (χ1n) is 11.7. The van der Waals surface area contributed by atoms with Crippen LogP contribution in [0.3, 0.4) is 0 Å². The van der Waals surface area contributed by atoms with Crippen LogP contribution in [-0.2, 0) is 22.5 Å². The number of aryl methyl sites for hydroxylation is 2. The molecule has 178 valence electrons. The quantitative estimate of drug-likeness (QED) is 0.333. The van der Waals surface area contributed by atoms with Gasteiger partial charge in [-0.15, -0.1) is 0 Å². The second kappa shape index (κ2) is 8.79. The summed E-state index contributed by atoms with van der Waals surface area (Å²) in [6.45, 7) is 13.7. The van der Waals surface area contributed by atoms with Crippen molar-refractivity contribution < 1.29 is 19.1 Å². The summed E-state index contributed by atoms with van der Waals surface area (Å²) in [6.07, 6.45) is 1.69. The van der Waals surface area contributed by atoms with E-state index >= 15 is 0 Å². The van der Waals surface area contributed by atoms with Crippen molar-refractivity contribution in [1.82, 2.24) is 4.90 Å². The first-order chi connectivity index (χ1) is 16.0. The summed E-state index contributed by atoms with van der Waals surface area (Å²) in [4.78, 5) is 27.4. The molecule has 0 bridgehead atoms. The molecule has 5 nitrogen and oxygen atoms in total. The minimum absolute atomic E-state index is 0.0869. The summed E-state index contributed by atoms with van der Waals surface area (Å²) >= 11 is 0. The molecule has 0 aliphatic carbocycles. The fourth-order valence-electron chi connectivity index (χ4n) is 4.94. The van der Waals surface area contributed by atoms with Gasteiger partial charge in [-0.3, -0.25) is 4.79 Å². The van der Waals surface area contributed by atoms with Crippen molar-refractivity contribution in [3.05, 3.63) is 65.2 Å². The summed E-state index contributed by atoms with van der Waals surface area (Å²) in [5, 5.41) is 4.55. The van der Waals surface area contributed by atoms with E-state index in [1.807, 2.05) is 20.8 Å². The van der Waals surface area contributed by atoms with Gasteiger partial charge in [-0.1, -0.05) is 30.3 Å². The largest absolute Gasteiger partial charge is 0.496 e. The van der Waals surface area contributed by atoms with E-state index in [4.69, 9.17) is 9.47 Å². The molecule has 0 N–H and O–H groups in total. The Balaban J connectivity index is 1.97. The summed E-state index contributed by atoms with van der Waals surface area (Å²) in [7, 11) is 1.68. The number of carbonyl (C=O) groups excluding carboxylic acids is 2. The van der Waals surface area contributed by atoms with E-state index in [-0.39, 0.29) is 18.2 Å². The van der Waals surface area contributed by atoms with E-state index in [0.29, 0.717) is 13.0 Å². The Kier molecular flexibility index (Phi) is 6.15. The summed E-state index contributed by atoms with van der Waals surface area (Å²) in [6, 6.07) is 10.4. The summed E-state index contributed by atoms with van der Waals surface area (Å²) in [5.74, 6) is 0.742. The SMILES string of the molecule is C=CC(=O)C[C@@H]1Cc2c(c3ccc(C)cc3c3cc(C)c(OC)cc23)CN1C(=O)OC(C)(C)C. The van der Waals surface area contributed by atoms with Crippen LogP contribution in [-0.4, -0.2) is 35.5 Å². The minimum Gasteiger partial charge on any atom is -0.496 e. The molecule has 1 amide bonds. The zero-order chi connectivity index (χ0) is 24.8. The van der Waals surface area contributed by atoms with Crippen molar-refractivity contribution in [2.45, 2.75) is 65.6 Å². The second-order valence-electron chi connectivity index (χ2n) is 10.2. The molecule has 0 unspecified atom stereocenters. The number of fused-ring (bicyclic) bond motifs is 6. The Labute approximate surface area is 201 Å². The third-order valence-electron chi connectivity index (χ3n) is 6.52. The third-order valence-corrected chi connectivity index (χ3v) is 6.52. The summed E-state index contributed by atoms with van der Waals surface area (Å²) < 4.78 is 11.4. The van der Waals surface area contributed by atoms with E-state index in [9.17, 15) is 9.59 Å². The molecular formula is C29H33NO4. The first kappa shape index (κ1) is 23.8. The molecular weight excluding hydrogens is 426 g/mol. The van der Waals surface area contributed by atoms with Gasteiger partial charge >= 0.3 is 6.09 Å². The molecule has 0 radical (unpaired) electrons. The molecule has 0 spiro atoms. The number of carbonyl (C=O) groups is 2. The van der Waals surface area contributed by atoms with E-state index in [0.717, 1.165) is 44.0 Å². The Hall–Kier alpha value is -3.34. The zero-order valence-electron chi connectivity index (χ0n) is 21.0. The number of hydrogen-bond donors (Lipinski definition) is 0. The van der Waals surface area contributed by atoms with Gasteiger partial charge in [0.1, 0.15) is 11.4 Å². The van der Waals surface area contributed by atoms with Gasteiger partial charge in [-0.2, -0.15) is 0 Å². The lowest BCUT2D eigenvalue weighted by Gasteiger charge is -2.38. The van der Waals surface area contributed by atoms with E-state index in [1.54, 1.807) is 12.0 Å². The number of rotatable bonds is 4. The van der Waals surface area contributed by atoms with Crippen LogP contribution in [0.1, 0.15) is 49.4 Å². The van der Waals surface area contributed by atoms with Crippen LogP contribution in [0, 0.1) is 13.8 Å². The lowest BCUT2D eigenvalue weighted by Crippen LogP contribution is -2.47. The second-order valence-corrected chi connectivity index (χ2v) is 10.2. The predicted molar refractivity (Wildman–Crippen MR) is 137 cm³/mol. The van der Waals surface area contributed by atoms with E-state index in [1.165, 1.54) is 11.6 Å². The van der Waals surface area contributed by atoms with E-state index in [2.05, 4.69) is 50.8 Å². The molecule has 1 atom stereocenters. The van der Waals surface area contributed by atoms with E-state index < -0.39 is 11.7 Å². The molecule has 0 saturated carbocycles. The highest BCUT2D eigenvalue weighted by molar-refractivity contribution is 6.12. The van der Waals surface area contributed by atoms with Crippen molar-refractivity contribution in [2.75, 3.05) is 7.11 Å². The van der Waals surface area contributed by atoms with Crippen molar-refractivity contribution in [3.63, 3.8) is 0 Å². The van der Waals surface area contributed by atoms with Gasteiger partial charge in [0.2, 0.25) is 0 Å². The standard InChI is InChI=1S/C29H33NO4/c1-8-20(31)13-19-14-24-25-15-27(33-7)18(3)12-23(25)22-11-17(2)9-10-21(22)26(24)16-30(19)28(32)34-29(4,5)6/h8-12,15,19H,1,13-14,16H2,2-7H3/t19-/m1/s1. The van der Waals surface area contributed by atoms with Crippen LogP contribution in [0.25, 0.3) is 21.5 Å². The zero-order valence-corrected chi connectivity index (χ0v) is 21.0. The smallest absolute Gasteiger partial charge is 0.410 e. The van der Waals surface area contributed by atoms with Crippen molar-refractivity contribution >= 4 is 33.4 Å². The first-order valence-corrected chi connectivity index (χ1v) is 11.7. The van der Waals surface area contributed by atoms with Crippen molar-refractivity contribution in [3.8, 4) is 5.75 Å². The molecule has 34 heavy (non-hydrogen) atoms. The highest BCUT2D eigenvalue weighted by atomic mass is 16.6. The number of allylic oxidation sites excluding steroid dienone is 1. The highest BCUT2D eigenvalue weighted by Gasteiger charge is 2.35. The molecule has 4 rings (SSSR count). The number of hydrogen-bond acceptors (Lipinski definition) is 4. The number of benzene rings is 3. The van der Waals surface area contributed by atoms with Crippen LogP contribution in [0.2, 0.25) is 0 Å². The van der Waals surface area contributed by atoms with Crippen molar-refractivity contribution in [1.29, 1.82) is 0 Å². The fraction of sp³-hybridized carbons (Fsp3) is 0.379. The van der Waals surface area contributed by atoms with Crippen LogP contribution >= 0.6 is 0 Å². The van der Waals surface area contributed by atoms with Crippen molar-refractivity contribution in [2.24, 2.45) is 0 Å². The normalized spacial score (nSPS) is 15.8. The molecule has 0 saturated heterocycles. The Morgan fingerprint density at radius 3 is 2.41 bits per heavy atom. The maximum Gasteiger partial charge on any atom is 0.410 e. The van der Waals surface area contributed by atoms with Gasteiger partial charge in [0.25, 0.3) is 0 Å².